The Bertz CT molecular complexity index is 406. The van der Waals surface area contributed by atoms with Gasteiger partial charge in [0.05, 0.1) is 12.0 Å². The first kappa shape index (κ1) is 11.5. The third-order valence-electron chi connectivity index (χ3n) is 1.57. The van der Waals surface area contributed by atoms with Gasteiger partial charge in [0.25, 0.3) is 5.69 Å². The van der Waals surface area contributed by atoms with E-state index in [2.05, 4.69) is 0 Å². The number of carboxylic acids is 1. The molecule has 1 aromatic carbocycles. The molecular weight excluding hydrogens is 222 g/mol. The number of rotatable bonds is 4. The first-order valence-electron chi connectivity index (χ1n) is 3.78. The zero-order valence-corrected chi connectivity index (χ0v) is 8.48. The summed E-state index contributed by atoms with van der Waals surface area (Å²) in [5, 5.41) is 19.3. The van der Waals surface area contributed by atoms with Crippen molar-refractivity contribution in [1.82, 2.24) is 0 Å². The maximum Gasteiger partial charge on any atom is 0.342 e. The van der Waals surface area contributed by atoms with Crippen LogP contribution in [0.1, 0.15) is 10.4 Å². The van der Waals surface area contributed by atoms with Crippen molar-refractivity contribution in [3.63, 3.8) is 0 Å². The summed E-state index contributed by atoms with van der Waals surface area (Å²) in [6.07, 6.45) is 0. The van der Waals surface area contributed by atoms with Gasteiger partial charge in [0, 0.05) is 23.0 Å². The standard InChI is InChI=1S/C8H7NO5S/c1-14-15-5-2-3-7(9(12)13)6(4-5)8(10)11/h2-4H,1H3,(H,10,11). The molecule has 1 N–H and O–H groups in total. The molecule has 0 aliphatic carbocycles. The molecule has 0 aromatic heterocycles. The van der Waals surface area contributed by atoms with Gasteiger partial charge in [0.2, 0.25) is 0 Å². The van der Waals surface area contributed by atoms with Crippen LogP contribution in [0.25, 0.3) is 0 Å². The highest BCUT2D eigenvalue weighted by Crippen LogP contribution is 2.26. The van der Waals surface area contributed by atoms with Crippen LogP contribution in [-0.4, -0.2) is 23.1 Å². The van der Waals surface area contributed by atoms with Crippen molar-refractivity contribution in [1.29, 1.82) is 0 Å². The largest absolute Gasteiger partial charge is 0.477 e. The van der Waals surface area contributed by atoms with Crippen molar-refractivity contribution in [2.75, 3.05) is 7.11 Å². The zero-order valence-electron chi connectivity index (χ0n) is 7.67. The van der Waals surface area contributed by atoms with Gasteiger partial charge in [-0.05, 0) is 12.1 Å². The molecule has 15 heavy (non-hydrogen) atoms. The van der Waals surface area contributed by atoms with Crippen LogP contribution in [0, 0.1) is 10.1 Å². The maximum absolute atomic E-state index is 10.7. The second kappa shape index (κ2) is 4.76. The van der Waals surface area contributed by atoms with Crippen LogP contribution in [-0.2, 0) is 4.18 Å². The summed E-state index contributed by atoms with van der Waals surface area (Å²) in [7, 11) is 1.42. The molecular formula is C8H7NO5S. The van der Waals surface area contributed by atoms with Gasteiger partial charge < -0.3 is 9.29 Å². The van der Waals surface area contributed by atoms with E-state index in [-0.39, 0.29) is 5.56 Å². The van der Waals surface area contributed by atoms with Crippen molar-refractivity contribution >= 4 is 23.7 Å². The lowest BCUT2D eigenvalue weighted by atomic mass is 10.2. The van der Waals surface area contributed by atoms with Crippen molar-refractivity contribution in [3.8, 4) is 0 Å². The average Bonchev–Trinajstić information content (AvgIpc) is 2.17. The molecule has 0 aliphatic heterocycles. The van der Waals surface area contributed by atoms with Gasteiger partial charge in [-0.15, -0.1) is 0 Å². The van der Waals surface area contributed by atoms with Gasteiger partial charge in [-0.3, -0.25) is 10.1 Å². The molecule has 0 heterocycles. The van der Waals surface area contributed by atoms with Crippen LogP contribution in [0.3, 0.4) is 0 Å². The molecule has 1 aromatic rings. The van der Waals surface area contributed by atoms with Crippen LogP contribution in [0.5, 0.6) is 0 Å². The van der Waals surface area contributed by atoms with E-state index in [0.29, 0.717) is 4.90 Å². The van der Waals surface area contributed by atoms with E-state index in [0.717, 1.165) is 18.1 Å². The Labute approximate surface area is 89.2 Å². The lowest BCUT2D eigenvalue weighted by Crippen LogP contribution is -2.02. The molecule has 1 rings (SSSR count). The molecule has 0 radical (unpaired) electrons. The molecule has 0 unspecified atom stereocenters. The number of nitro groups is 1. The second-order valence-corrected chi connectivity index (χ2v) is 3.46. The Kier molecular flexibility index (Phi) is 3.64. The summed E-state index contributed by atoms with van der Waals surface area (Å²) < 4.78 is 4.72. The molecule has 0 aliphatic rings. The minimum absolute atomic E-state index is 0.345. The summed E-state index contributed by atoms with van der Waals surface area (Å²) in [5.41, 5.74) is -0.773. The van der Waals surface area contributed by atoms with Gasteiger partial charge >= 0.3 is 5.97 Å². The quantitative estimate of drug-likeness (QED) is 0.482. The molecule has 80 valence electrons. The number of aromatic carboxylic acids is 1. The SMILES string of the molecule is COSc1ccc([N+](=O)[O-])c(C(=O)O)c1. The normalized spacial score (nSPS) is 9.93. The zero-order chi connectivity index (χ0) is 11.4. The fraction of sp³-hybridized carbons (Fsp3) is 0.125. The number of benzene rings is 1. The lowest BCUT2D eigenvalue weighted by Gasteiger charge is -2.01. The molecule has 0 saturated heterocycles. The van der Waals surface area contributed by atoms with Crippen LogP contribution < -0.4 is 0 Å². The van der Waals surface area contributed by atoms with Crippen LogP contribution in [0.15, 0.2) is 23.1 Å². The Morgan fingerprint density at radius 1 is 1.60 bits per heavy atom. The maximum atomic E-state index is 10.7. The van der Waals surface area contributed by atoms with Crippen molar-refractivity contribution < 1.29 is 19.0 Å². The Morgan fingerprint density at radius 2 is 2.27 bits per heavy atom. The van der Waals surface area contributed by atoms with Crippen molar-refractivity contribution in [2.24, 2.45) is 0 Å². The van der Waals surface area contributed by atoms with Gasteiger partial charge in [0.1, 0.15) is 5.56 Å². The molecule has 0 saturated carbocycles. The van der Waals surface area contributed by atoms with Gasteiger partial charge in [-0.1, -0.05) is 0 Å². The van der Waals surface area contributed by atoms with Gasteiger partial charge in [0.15, 0.2) is 0 Å². The Hall–Kier alpha value is -1.60. The van der Waals surface area contributed by atoms with Crippen LogP contribution >= 0.6 is 12.0 Å². The number of carboxylic acid groups (broad SMARTS) is 1. The fourth-order valence-electron chi connectivity index (χ4n) is 0.994. The summed E-state index contributed by atoms with van der Waals surface area (Å²) in [5.74, 6) is -1.33. The molecule has 0 fully saturated rings. The summed E-state index contributed by atoms with van der Waals surface area (Å²) in [4.78, 5) is 21.0. The lowest BCUT2D eigenvalue weighted by molar-refractivity contribution is -0.385. The van der Waals surface area contributed by atoms with E-state index in [1.54, 1.807) is 0 Å². The molecule has 7 heteroatoms. The smallest absolute Gasteiger partial charge is 0.342 e. The molecule has 6 nitrogen and oxygen atoms in total. The van der Waals surface area contributed by atoms with Gasteiger partial charge in [-0.25, -0.2) is 4.79 Å². The van der Waals surface area contributed by atoms with Gasteiger partial charge in [-0.2, -0.15) is 0 Å². The first-order valence-corrected chi connectivity index (χ1v) is 4.53. The number of nitro benzene ring substituents is 1. The Morgan fingerprint density at radius 3 is 2.73 bits per heavy atom. The highest BCUT2D eigenvalue weighted by Gasteiger charge is 2.19. The van der Waals surface area contributed by atoms with E-state index in [1.807, 2.05) is 0 Å². The number of hydrogen-bond acceptors (Lipinski definition) is 5. The topological polar surface area (TPSA) is 89.7 Å². The highest BCUT2D eigenvalue weighted by molar-refractivity contribution is 7.94. The minimum Gasteiger partial charge on any atom is -0.477 e. The fourth-order valence-corrected chi connectivity index (χ4v) is 1.48. The highest BCUT2D eigenvalue weighted by atomic mass is 32.2. The van der Waals surface area contributed by atoms with Crippen LogP contribution in [0.2, 0.25) is 0 Å². The molecule has 0 amide bonds. The predicted molar refractivity (Wildman–Crippen MR) is 52.9 cm³/mol. The van der Waals surface area contributed by atoms with E-state index in [4.69, 9.17) is 9.29 Å². The average molecular weight is 229 g/mol. The number of carbonyl (C=O) groups is 1. The van der Waals surface area contributed by atoms with E-state index >= 15 is 0 Å². The van der Waals surface area contributed by atoms with E-state index in [9.17, 15) is 14.9 Å². The third-order valence-corrected chi connectivity index (χ3v) is 2.19. The minimum atomic E-state index is -1.33. The molecule has 0 spiro atoms. The van der Waals surface area contributed by atoms with Crippen molar-refractivity contribution in [2.45, 2.75) is 4.90 Å². The summed E-state index contributed by atoms with van der Waals surface area (Å²) in [6.45, 7) is 0. The monoisotopic (exact) mass is 229 g/mol. The Balaban J connectivity index is 3.21. The summed E-state index contributed by atoms with van der Waals surface area (Å²) >= 11 is 0.941. The van der Waals surface area contributed by atoms with Crippen LogP contribution in [0.4, 0.5) is 5.69 Å². The second-order valence-electron chi connectivity index (χ2n) is 2.49. The number of nitrogens with zero attached hydrogens (tertiary/aromatic N) is 1. The van der Waals surface area contributed by atoms with Crippen molar-refractivity contribution in [3.05, 3.63) is 33.9 Å². The first-order chi connectivity index (χ1) is 7.06. The number of hydrogen-bond donors (Lipinski definition) is 1. The molecule has 0 bridgehead atoms. The van der Waals surface area contributed by atoms with E-state index < -0.39 is 16.6 Å². The third kappa shape index (κ3) is 2.67. The summed E-state index contributed by atoms with van der Waals surface area (Å²) in [6, 6.07) is 3.78. The van der Waals surface area contributed by atoms with E-state index in [1.165, 1.54) is 19.2 Å². The molecule has 0 atom stereocenters. The predicted octanol–water partition coefficient (Wildman–Crippen LogP) is 1.95.